The smallest absolute Gasteiger partial charge is 0.0412 e. The van der Waals surface area contributed by atoms with E-state index in [1.54, 1.807) is 12.4 Å². The lowest BCUT2D eigenvalue weighted by atomic mass is 10.1. The second-order valence-corrected chi connectivity index (χ2v) is 3.09. The Morgan fingerprint density at radius 1 is 1.15 bits per heavy atom. The number of rotatable bonds is 1. The zero-order chi connectivity index (χ0) is 9.10. The number of aromatic nitrogens is 1. The van der Waals surface area contributed by atoms with Crippen LogP contribution in [0.1, 0.15) is 0 Å². The van der Waals surface area contributed by atoms with Crippen molar-refractivity contribution in [1.82, 2.24) is 4.98 Å². The van der Waals surface area contributed by atoms with Crippen LogP contribution in [0.2, 0.25) is 5.02 Å². The zero-order valence-corrected chi connectivity index (χ0v) is 7.62. The van der Waals surface area contributed by atoms with Gasteiger partial charge in [0.2, 0.25) is 0 Å². The van der Waals surface area contributed by atoms with Gasteiger partial charge < -0.3 is 0 Å². The van der Waals surface area contributed by atoms with Crippen molar-refractivity contribution in [1.29, 1.82) is 0 Å². The molecular formula is C11H7ClN. The molecule has 1 heterocycles. The summed E-state index contributed by atoms with van der Waals surface area (Å²) in [5.74, 6) is 0. The molecule has 1 aromatic carbocycles. The predicted octanol–water partition coefficient (Wildman–Crippen LogP) is 3.20. The van der Waals surface area contributed by atoms with Crippen LogP contribution in [0.3, 0.4) is 0 Å². The molecule has 0 aliphatic carbocycles. The van der Waals surface area contributed by atoms with Gasteiger partial charge in [-0.2, -0.15) is 0 Å². The Kier molecular flexibility index (Phi) is 2.28. The maximum absolute atomic E-state index is 5.86. The Labute approximate surface area is 82.0 Å². The fourth-order valence-electron chi connectivity index (χ4n) is 1.14. The molecule has 0 fully saturated rings. The Bertz CT molecular complexity index is 398. The van der Waals surface area contributed by atoms with Crippen LogP contribution in [0.4, 0.5) is 0 Å². The molecule has 63 valence electrons. The molecule has 1 nitrogen and oxygen atoms in total. The van der Waals surface area contributed by atoms with Crippen molar-refractivity contribution < 1.29 is 0 Å². The van der Waals surface area contributed by atoms with Gasteiger partial charge in [0.1, 0.15) is 0 Å². The highest BCUT2D eigenvalue weighted by molar-refractivity contribution is 6.30. The molecule has 1 aromatic heterocycles. The summed E-state index contributed by atoms with van der Waals surface area (Å²) >= 11 is 5.86. The maximum atomic E-state index is 5.86. The van der Waals surface area contributed by atoms with E-state index in [2.05, 4.69) is 11.1 Å². The molecule has 0 aliphatic rings. The highest BCUT2D eigenvalue weighted by Crippen LogP contribution is 2.20. The standard InChI is InChI=1S/C11H7ClN/c12-11-3-1-2-10(8-11)9-4-6-13-7-5-9/h1,3-8H. The number of hydrogen-bond donors (Lipinski definition) is 0. The number of pyridine rings is 1. The fraction of sp³-hybridized carbons (Fsp3) is 0. The van der Waals surface area contributed by atoms with Gasteiger partial charge in [0.25, 0.3) is 0 Å². The molecule has 2 aromatic rings. The number of hydrogen-bond acceptors (Lipinski definition) is 1. The molecule has 0 bridgehead atoms. The van der Waals surface area contributed by atoms with E-state index in [9.17, 15) is 0 Å². The third-order valence-corrected chi connectivity index (χ3v) is 1.99. The van der Waals surface area contributed by atoms with E-state index in [4.69, 9.17) is 11.6 Å². The Morgan fingerprint density at radius 2 is 1.92 bits per heavy atom. The zero-order valence-electron chi connectivity index (χ0n) is 6.87. The van der Waals surface area contributed by atoms with Gasteiger partial charge in [0.15, 0.2) is 0 Å². The van der Waals surface area contributed by atoms with Gasteiger partial charge in [-0.3, -0.25) is 4.98 Å². The Balaban J connectivity index is 2.48. The Hall–Kier alpha value is -1.34. The molecule has 2 heteroatoms. The third-order valence-electron chi connectivity index (χ3n) is 1.75. The summed E-state index contributed by atoms with van der Waals surface area (Å²) in [7, 11) is 0. The third kappa shape index (κ3) is 1.87. The minimum atomic E-state index is 0.727. The lowest BCUT2D eigenvalue weighted by Gasteiger charge is -1.99. The molecule has 0 N–H and O–H groups in total. The minimum absolute atomic E-state index is 0.727. The van der Waals surface area contributed by atoms with Crippen molar-refractivity contribution in [3.05, 3.63) is 53.8 Å². The van der Waals surface area contributed by atoms with E-state index in [-0.39, 0.29) is 0 Å². The van der Waals surface area contributed by atoms with Crippen molar-refractivity contribution in [3.63, 3.8) is 0 Å². The van der Waals surface area contributed by atoms with Crippen LogP contribution < -0.4 is 0 Å². The highest BCUT2D eigenvalue weighted by Gasteiger charge is 1.96. The van der Waals surface area contributed by atoms with Crippen LogP contribution in [0.15, 0.2) is 42.7 Å². The van der Waals surface area contributed by atoms with E-state index in [1.807, 2.05) is 30.3 Å². The van der Waals surface area contributed by atoms with Gasteiger partial charge in [-0.15, -0.1) is 0 Å². The summed E-state index contributed by atoms with van der Waals surface area (Å²) in [4.78, 5) is 3.95. The molecule has 0 atom stereocenters. The SMILES string of the molecule is Clc1cc[c]c(-c2ccncc2)c1. The summed E-state index contributed by atoms with van der Waals surface area (Å²) in [6, 6.07) is 12.5. The Morgan fingerprint density at radius 3 is 2.62 bits per heavy atom. The molecular weight excluding hydrogens is 182 g/mol. The first-order valence-corrected chi connectivity index (χ1v) is 4.32. The highest BCUT2D eigenvalue weighted by atomic mass is 35.5. The molecule has 0 saturated carbocycles. The summed E-state index contributed by atoms with van der Waals surface area (Å²) in [5.41, 5.74) is 2.08. The van der Waals surface area contributed by atoms with E-state index < -0.39 is 0 Å². The van der Waals surface area contributed by atoms with Crippen molar-refractivity contribution in [2.45, 2.75) is 0 Å². The molecule has 0 amide bonds. The van der Waals surface area contributed by atoms with Crippen molar-refractivity contribution >= 4 is 11.6 Å². The largest absolute Gasteiger partial charge is 0.265 e. The summed E-state index contributed by atoms with van der Waals surface area (Å²) < 4.78 is 0. The number of nitrogens with zero attached hydrogens (tertiary/aromatic N) is 1. The van der Waals surface area contributed by atoms with Gasteiger partial charge in [0.05, 0.1) is 0 Å². The van der Waals surface area contributed by atoms with Gasteiger partial charge in [0, 0.05) is 17.4 Å². The van der Waals surface area contributed by atoms with Crippen molar-refractivity contribution in [3.8, 4) is 11.1 Å². The lowest BCUT2D eigenvalue weighted by Crippen LogP contribution is -1.77. The predicted molar refractivity (Wildman–Crippen MR) is 53.5 cm³/mol. The van der Waals surface area contributed by atoms with Gasteiger partial charge in [-0.05, 0) is 41.5 Å². The van der Waals surface area contributed by atoms with Gasteiger partial charge >= 0.3 is 0 Å². The van der Waals surface area contributed by atoms with Gasteiger partial charge in [-0.25, -0.2) is 0 Å². The van der Waals surface area contributed by atoms with E-state index in [0.717, 1.165) is 16.1 Å². The maximum Gasteiger partial charge on any atom is 0.0412 e. The molecule has 1 radical (unpaired) electrons. The minimum Gasteiger partial charge on any atom is -0.265 e. The van der Waals surface area contributed by atoms with Crippen molar-refractivity contribution in [2.75, 3.05) is 0 Å². The summed E-state index contributed by atoms with van der Waals surface area (Å²) in [6.07, 6.45) is 3.51. The second kappa shape index (κ2) is 3.58. The average molecular weight is 189 g/mol. The second-order valence-electron chi connectivity index (χ2n) is 2.66. The summed E-state index contributed by atoms with van der Waals surface area (Å²) in [6.45, 7) is 0. The van der Waals surface area contributed by atoms with Crippen LogP contribution in [0.25, 0.3) is 11.1 Å². The van der Waals surface area contributed by atoms with Crippen LogP contribution in [0.5, 0.6) is 0 Å². The van der Waals surface area contributed by atoms with Crippen LogP contribution >= 0.6 is 11.6 Å². The number of halogens is 1. The number of benzene rings is 1. The lowest BCUT2D eigenvalue weighted by molar-refractivity contribution is 1.33. The fourth-order valence-corrected chi connectivity index (χ4v) is 1.31. The quantitative estimate of drug-likeness (QED) is 0.670. The van der Waals surface area contributed by atoms with Gasteiger partial charge in [-0.1, -0.05) is 17.7 Å². The molecule has 2 rings (SSSR count). The van der Waals surface area contributed by atoms with Crippen molar-refractivity contribution in [2.24, 2.45) is 0 Å². The van der Waals surface area contributed by atoms with Crippen LogP contribution in [-0.2, 0) is 0 Å². The first-order valence-electron chi connectivity index (χ1n) is 3.94. The van der Waals surface area contributed by atoms with Crippen LogP contribution in [-0.4, -0.2) is 4.98 Å². The summed E-state index contributed by atoms with van der Waals surface area (Å²) in [5, 5.41) is 0.727. The van der Waals surface area contributed by atoms with E-state index >= 15 is 0 Å². The monoisotopic (exact) mass is 188 g/mol. The molecule has 0 unspecified atom stereocenters. The van der Waals surface area contributed by atoms with E-state index in [1.165, 1.54) is 0 Å². The molecule has 0 saturated heterocycles. The topological polar surface area (TPSA) is 12.9 Å². The van der Waals surface area contributed by atoms with Crippen LogP contribution in [0, 0.1) is 6.07 Å². The molecule has 0 spiro atoms. The molecule has 13 heavy (non-hydrogen) atoms. The average Bonchev–Trinajstić information content (AvgIpc) is 2.19. The first-order chi connectivity index (χ1) is 6.36. The normalized spacial score (nSPS) is 9.92. The van der Waals surface area contributed by atoms with E-state index in [0.29, 0.717) is 0 Å². The first kappa shape index (κ1) is 8.27. The molecule has 0 aliphatic heterocycles.